The van der Waals surface area contributed by atoms with Crippen LogP contribution in [0.1, 0.15) is 18.5 Å². The number of piperidine rings is 1. The molecule has 0 amide bonds. The number of rotatable bonds is 4. The molecule has 9 nitrogen and oxygen atoms in total. The highest BCUT2D eigenvalue weighted by atomic mass is 32.2. The molecule has 2 aliphatic rings. The molecule has 1 aromatic carbocycles. The standard InChI is InChI=1S/C21H24N6O3S/c1-31(29,30)16-6-10-26(11-7-16)19-18(22-8-9-23-19)21(28)13-27(14-21)20-24-12-15-4-2-3-5-17(15)25-20/h2-5,8-9,12,16,28H,6-7,10-11,13-14H2,1H3. The molecule has 0 bridgehead atoms. The number of aliphatic hydroxyl groups is 1. The average molecular weight is 441 g/mol. The molecular formula is C21H24N6O3S. The van der Waals surface area contributed by atoms with Gasteiger partial charge in [0, 0.05) is 43.3 Å². The highest BCUT2D eigenvalue weighted by molar-refractivity contribution is 7.91. The number of hydrogen-bond donors (Lipinski definition) is 1. The van der Waals surface area contributed by atoms with Crippen LogP contribution in [-0.2, 0) is 15.4 Å². The normalized spacial score (nSPS) is 19.4. The van der Waals surface area contributed by atoms with Crippen LogP contribution in [0.3, 0.4) is 0 Å². The van der Waals surface area contributed by atoms with Gasteiger partial charge >= 0.3 is 0 Å². The van der Waals surface area contributed by atoms with Crippen LogP contribution in [0.5, 0.6) is 0 Å². The Morgan fingerprint density at radius 2 is 1.74 bits per heavy atom. The predicted molar refractivity (Wildman–Crippen MR) is 118 cm³/mol. The van der Waals surface area contributed by atoms with E-state index in [9.17, 15) is 13.5 Å². The molecule has 2 aliphatic heterocycles. The molecule has 0 unspecified atom stereocenters. The topological polar surface area (TPSA) is 112 Å². The fraction of sp³-hybridized carbons (Fsp3) is 0.429. The zero-order valence-electron chi connectivity index (χ0n) is 17.2. The molecule has 2 aromatic heterocycles. The fourth-order valence-corrected chi connectivity index (χ4v) is 5.44. The van der Waals surface area contributed by atoms with E-state index in [1.165, 1.54) is 6.26 Å². The Morgan fingerprint density at radius 1 is 1.03 bits per heavy atom. The summed E-state index contributed by atoms with van der Waals surface area (Å²) in [5, 5.41) is 11.9. The Labute approximate surface area is 180 Å². The van der Waals surface area contributed by atoms with Gasteiger partial charge < -0.3 is 14.9 Å². The fourth-order valence-electron chi connectivity index (χ4n) is 4.38. The van der Waals surface area contributed by atoms with Crippen molar-refractivity contribution in [2.45, 2.75) is 23.7 Å². The third-order valence-electron chi connectivity index (χ3n) is 6.13. The lowest BCUT2D eigenvalue weighted by atomic mass is 9.89. The Kier molecular flexibility index (Phi) is 4.78. The number of β-amino-alcohol motifs (C(OH)–C–C–N with tert-alkyl or cyclic N) is 1. The van der Waals surface area contributed by atoms with Crippen LogP contribution in [0.4, 0.5) is 11.8 Å². The van der Waals surface area contributed by atoms with Crippen LogP contribution in [0.2, 0.25) is 0 Å². The Bertz CT molecular complexity index is 1220. The van der Waals surface area contributed by atoms with E-state index in [-0.39, 0.29) is 5.25 Å². The van der Waals surface area contributed by atoms with Crippen molar-refractivity contribution in [1.29, 1.82) is 0 Å². The summed E-state index contributed by atoms with van der Waals surface area (Å²) in [4.78, 5) is 21.9. The van der Waals surface area contributed by atoms with Crippen molar-refractivity contribution < 1.29 is 13.5 Å². The van der Waals surface area contributed by atoms with Gasteiger partial charge in [-0.25, -0.2) is 23.4 Å². The van der Waals surface area contributed by atoms with E-state index in [0.717, 1.165) is 10.9 Å². The first kappa shape index (κ1) is 20.1. The van der Waals surface area contributed by atoms with Gasteiger partial charge in [0.15, 0.2) is 5.82 Å². The smallest absolute Gasteiger partial charge is 0.226 e. The van der Waals surface area contributed by atoms with Gasteiger partial charge in [-0.3, -0.25) is 4.98 Å². The number of anilines is 2. The van der Waals surface area contributed by atoms with E-state index in [0.29, 0.717) is 56.5 Å². The van der Waals surface area contributed by atoms with E-state index >= 15 is 0 Å². The first-order valence-electron chi connectivity index (χ1n) is 10.3. The molecule has 162 valence electrons. The maximum atomic E-state index is 11.9. The SMILES string of the molecule is CS(=O)(=O)C1CCN(c2nccnc2C2(O)CN(c3ncc4ccccc4n3)C2)CC1. The third kappa shape index (κ3) is 3.70. The summed E-state index contributed by atoms with van der Waals surface area (Å²) in [5.41, 5.74) is 0.216. The molecule has 0 saturated carbocycles. The number of benzene rings is 1. The molecule has 5 rings (SSSR count). The molecule has 2 fully saturated rings. The van der Waals surface area contributed by atoms with Crippen molar-refractivity contribution in [2.24, 2.45) is 0 Å². The summed E-state index contributed by atoms with van der Waals surface area (Å²) in [7, 11) is -3.05. The van der Waals surface area contributed by atoms with Crippen LogP contribution in [0.15, 0.2) is 42.9 Å². The van der Waals surface area contributed by atoms with E-state index in [1.807, 2.05) is 34.1 Å². The summed E-state index contributed by atoms with van der Waals surface area (Å²) in [5.74, 6) is 1.19. The monoisotopic (exact) mass is 440 g/mol. The minimum atomic E-state index is -3.05. The summed E-state index contributed by atoms with van der Waals surface area (Å²) < 4.78 is 23.7. The summed E-state index contributed by atoms with van der Waals surface area (Å²) >= 11 is 0. The van der Waals surface area contributed by atoms with Crippen molar-refractivity contribution in [2.75, 3.05) is 42.2 Å². The zero-order chi connectivity index (χ0) is 21.6. The molecule has 0 aliphatic carbocycles. The largest absolute Gasteiger partial charge is 0.380 e. The minimum Gasteiger partial charge on any atom is -0.380 e. The minimum absolute atomic E-state index is 0.316. The van der Waals surface area contributed by atoms with E-state index in [4.69, 9.17) is 0 Å². The Hall–Kier alpha value is -2.85. The summed E-state index contributed by atoms with van der Waals surface area (Å²) in [6.45, 7) is 1.77. The molecule has 3 aromatic rings. The molecule has 10 heteroatoms. The maximum Gasteiger partial charge on any atom is 0.226 e. The van der Waals surface area contributed by atoms with Crippen molar-refractivity contribution >= 4 is 32.5 Å². The number of hydrogen-bond acceptors (Lipinski definition) is 9. The van der Waals surface area contributed by atoms with Gasteiger partial charge in [-0.2, -0.15) is 0 Å². The van der Waals surface area contributed by atoms with Gasteiger partial charge in [0.05, 0.1) is 23.9 Å². The maximum absolute atomic E-state index is 11.9. The summed E-state index contributed by atoms with van der Waals surface area (Å²) in [6.07, 6.45) is 7.36. The molecule has 2 saturated heterocycles. The van der Waals surface area contributed by atoms with Crippen LogP contribution in [0.25, 0.3) is 10.9 Å². The molecule has 0 atom stereocenters. The second kappa shape index (κ2) is 7.38. The second-order valence-corrected chi connectivity index (χ2v) is 10.7. The number of nitrogens with zero attached hydrogens (tertiary/aromatic N) is 6. The van der Waals surface area contributed by atoms with Gasteiger partial charge in [0.1, 0.15) is 21.1 Å². The van der Waals surface area contributed by atoms with Crippen LogP contribution in [-0.4, -0.2) is 71.1 Å². The van der Waals surface area contributed by atoms with Crippen molar-refractivity contribution in [1.82, 2.24) is 19.9 Å². The quantitative estimate of drug-likeness (QED) is 0.638. The highest BCUT2D eigenvalue weighted by Crippen LogP contribution is 2.37. The van der Waals surface area contributed by atoms with Gasteiger partial charge in [-0.05, 0) is 18.9 Å². The van der Waals surface area contributed by atoms with E-state index in [1.54, 1.807) is 18.6 Å². The van der Waals surface area contributed by atoms with E-state index < -0.39 is 15.4 Å². The van der Waals surface area contributed by atoms with Crippen LogP contribution in [0, 0.1) is 0 Å². The lowest BCUT2D eigenvalue weighted by Gasteiger charge is -2.47. The number of fused-ring (bicyclic) bond motifs is 1. The zero-order valence-corrected chi connectivity index (χ0v) is 18.0. The van der Waals surface area contributed by atoms with Gasteiger partial charge in [0.2, 0.25) is 5.95 Å². The highest BCUT2D eigenvalue weighted by Gasteiger charge is 2.48. The van der Waals surface area contributed by atoms with Crippen molar-refractivity contribution in [3.05, 3.63) is 48.5 Å². The molecule has 0 spiro atoms. The lowest BCUT2D eigenvalue weighted by Crippen LogP contribution is -2.61. The lowest BCUT2D eigenvalue weighted by molar-refractivity contribution is 0.00258. The van der Waals surface area contributed by atoms with Gasteiger partial charge in [-0.1, -0.05) is 18.2 Å². The number of para-hydroxylation sites is 1. The van der Waals surface area contributed by atoms with E-state index in [2.05, 4.69) is 19.9 Å². The third-order valence-corrected chi connectivity index (χ3v) is 7.81. The first-order chi connectivity index (χ1) is 14.8. The molecular weight excluding hydrogens is 416 g/mol. The molecule has 31 heavy (non-hydrogen) atoms. The van der Waals surface area contributed by atoms with Gasteiger partial charge in [-0.15, -0.1) is 0 Å². The molecule has 4 heterocycles. The number of aromatic nitrogens is 4. The molecule has 1 N–H and O–H groups in total. The number of sulfone groups is 1. The van der Waals surface area contributed by atoms with Crippen molar-refractivity contribution in [3.8, 4) is 0 Å². The average Bonchev–Trinajstić information content (AvgIpc) is 2.76. The molecule has 0 radical (unpaired) electrons. The van der Waals surface area contributed by atoms with Crippen molar-refractivity contribution in [3.63, 3.8) is 0 Å². The Morgan fingerprint density at radius 3 is 2.48 bits per heavy atom. The summed E-state index contributed by atoms with van der Waals surface area (Å²) in [6, 6.07) is 7.78. The second-order valence-electron chi connectivity index (χ2n) is 8.36. The Balaban J connectivity index is 1.34. The van der Waals surface area contributed by atoms with Gasteiger partial charge in [0.25, 0.3) is 0 Å². The van der Waals surface area contributed by atoms with Crippen LogP contribution < -0.4 is 9.80 Å². The first-order valence-corrected chi connectivity index (χ1v) is 12.2. The predicted octanol–water partition coefficient (Wildman–Crippen LogP) is 1.14. The van der Waals surface area contributed by atoms with Crippen LogP contribution >= 0.6 is 0 Å².